The number of carboxylic acids is 1. The SMILES string of the molecule is O=C(NCCc1cccnc1)c1ccc(-c2cnc3[nH]cc(C(=O)O)c3n2)s1. The number of fused-ring (bicyclic) bond motifs is 1. The first-order valence-corrected chi connectivity index (χ1v) is 9.28. The summed E-state index contributed by atoms with van der Waals surface area (Å²) in [6.45, 7) is 0.509. The normalized spacial score (nSPS) is 10.9. The van der Waals surface area contributed by atoms with Crippen LogP contribution in [0.1, 0.15) is 25.6 Å². The molecule has 0 aliphatic rings. The van der Waals surface area contributed by atoms with Crippen LogP contribution in [0.25, 0.3) is 21.7 Å². The van der Waals surface area contributed by atoms with E-state index in [0.717, 1.165) is 10.4 Å². The van der Waals surface area contributed by atoms with Crippen LogP contribution >= 0.6 is 11.3 Å². The fraction of sp³-hybridized carbons (Fsp3) is 0.105. The van der Waals surface area contributed by atoms with Gasteiger partial charge in [-0.25, -0.2) is 14.8 Å². The van der Waals surface area contributed by atoms with Crippen LogP contribution < -0.4 is 5.32 Å². The van der Waals surface area contributed by atoms with Crippen LogP contribution in [0.5, 0.6) is 0 Å². The number of hydrogen-bond donors (Lipinski definition) is 3. The number of aromatic amines is 1. The van der Waals surface area contributed by atoms with Crippen molar-refractivity contribution in [2.45, 2.75) is 6.42 Å². The van der Waals surface area contributed by atoms with Crippen LogP contribution in [0.3, 0.4) is 0 Å². The summed E-state index contributed by atoms with van der Waals surface area (Å²) in [7, 11) is 0. The Morgan fingerprint density at radius 3 is 2.89 bits per heavy atom. The number of aromatic carboxylic acids is 1. The smallest absolute Gasteiger partial charge is 0.339 e. The first kappa shape index (κ1) is 17.8. The van der Waals surface area contributed by atoms with E-state index in [1.165, 1.54) is 17.5 Å². The van der Waals surface area contributed by atoms with Gasteiger partial charge in [-0.15, -0.1) is 11.3 Å². The Labute approximate surface area is 163 Å². The summed E-state index contributed by atoms with van der Waals surface area (Å²) >= 11 is 1.28. The highest BCUT2D eigenvalue weighted by Gasteiger charge is 2.16. The number of nitrogens with one attached hydrogen (secondary N) is 2. The van der Waals surface area contributed by atoms with Gasteiger partial charge in [0.25, 0.3) is 5.91 Å². The molecule has 4 heterocycles. The van der Waals surface area contributed by atoms with E-state index in [4.69, 9.17) is 0 Å². The van der Waals surface area contributed by atoms with E-state index < -0.39 is 5.97 Å². The van der Waals surface area contributed by atoms with E-state index in [0.29, 0.717) is 34.7 Å². The zero-order valence-electron chi connectivity index (χ0n) is 14.5. The molecule has 0 atom stereocenters. The zero-order chi connectivity index (χ0) is 19.5. The van der Waals surface area contributed by atoms with E-state index in [2.05, 4.69) is 25.3 Å². The van der Waals surface area contributed by atoms with Gasteiger partial charge in [0.15, 0.2) is 5.65 Å². The number of aromatic nitrogens is 4. The second-order valence-corrected chi connectivity index (χ2v) is 7.07. The molecule has 0 saturated carbocycles. The number of nitrogens with zero attached hydrogens (tertiary/aromatic N) is 3. The van der Waals surface area contributed by atoms with Crippen molar-refractivity contribution in [3.63, 3.8) is 0 Å². The molecule has 0 radical (unpaired) electrons. The van der Waals surface area contributed by atoms with Gasteiger partial charge in [0, 0.05) is 25.1 Å². The summed E-state index contributed by atoms with van der Waals surface area (Å²) in [6.07, 6.45) is 7.11. The molecule has 0 bridgehead atoms. The van der Waals surface area contributed by atoms with Gasteiger partial charge in [-0.1, -0.05) is 6.07 Å². The molecule has 8 nitrogen and oxygen atoms in total. The Hall–Kier alpha value is -3.59. The molecule has 4 aromatic heterocycles. The Bertz CT molecular complexity index is 1150. The van der Waals surface area contributed by atoms with Gasteiger partial charge in [0.2, 0.25) is 0 Å². The summed E-state index contributed by atoms with van der Waals surface area (Å²) in [5, 5.41) is 12.1. The average Bonchev–Trinajstić information content (AvgIpc) is 3.35. The number of amides is 1. The molecule has 140 valence electrons. The van der Waals surface area contributed by atoms with Gasteiger partial charge in [-0.2, -0.15) is 0 Å². The first-order valence-electron chi connectivity index (χ1n) is 8.46. The summed E-state index contributed by atoms with van der Waals surface area (Å²) in [4.78, 5) is 40.4. The third kappa shape index (κ3) is 3.60. The molecule has 3 N–H and O–H groups in total. The molecule has 0 aromatic carbocycles. The van der Waals surface area contributed by atoms with Crippen LogP contribution in [0.15, 0.2) is 49.1 Å². The molecule has 28 heavy (non-hydrogen) atoms. The lowest BCUT2D eigenvalue weighted by atomic mass is 10.2. The standard InChI is InChI=1S/C19H15N5O3S/c25-18(21-7-5-11-2-1-6-20-8-11)15-4-3-14(28-15)13-10-23-17-16(24-13)12(9-22-17)19(26)27/h1-4,6,8-10H,5,7H2,(H,21,25)(H,22,23)(H,26,27). The van der Waals surface area contributed by atoms with E-state index in [1.807, 2.05) is 12.1 Å². The van der Waals surface area contributed by atoms with Crippen molar-refractivity contribution in [1.82, 2.24) is 25.3 Å². The monoisotopic (exact) mass is 393 g/mol. The van der Waals surface area contributed by atoms with Gasteiger partial charge in [0.1, 0.15) is 11.1 Å². The number of carboxylic acid groups (broad SMARTS) is 1. The van der Waals surface area contributed by atoms with Crippen molar-refractivity contribution in [3.05, 3.63) is 65.1 Å². The third-order valence-electron chi connectivity index (χ3n) is 4.12. The molecule has 0 fully saturated rings. The first-order chi connectivity index (χ1) is 13.6. The summed E-state index contributed by atoms with van der Waals surface area (Å²) in [5.74, 6) is -1.24. The second-order valence-electron chi connectivity index (χ2n) is 5.99. The molecule has 0 aliphatic heterocycles. The summed E-state index contributed by atoms with van der Waals surface area (Å²) < 4.78 is 0. The predicted octanol–water partition coefficient (Wildman–Crippen LogP) is 2.75. The van der Waals surface area contributed by atoms with Crippen molar-refractivity contribution in [3.8, 4) is 10.6 Å². The van der Waals surface area contributed by atoms with Crippen LogP contribution in [-0.2, 0) is 6.42 Å². The van der Waals surface area contributed by atoms with Gasteiger partial charge >= 0.3 is 5.97 Å². The van der Waals surface area contributed by atoms with Crippen molar-refractivity contribution in [1.29, 1.82) is 0 Å². The molecule has 4 rings (SSSR count). The minimum Gasteiger partial charge on any atom is -0.478 e. The van der Waals surface area contributed by atoms with Gasteiger partial charge < -0.3 is 15.4 Å². The van der Waals surface area contributed by atoms with E-state index in [9.17, 15) is 14.7 Å². The Balaban J connectivity index is 1.47. The fourth-order valence-corrected chi connectivity index (χ4v) is 3.60. The molecule has 1 amide bonds. The molecular weight excluding hydrogens is 378 g/mol. The third-order valence-corrected chi connectivity index (χ3v) is 5.22. The lowest BCUT2D eigenvalue weighted by molar-refractivity contribution is 0.0698. The van der Waals surface area contributed by atoms with E-state index >= 15 is 0 Å². The average molecular weight is 393 g/mol. The lowest BCUT2D eigenvalue weighted by Crippen LogP contribution is -2.24. The number of thiophene rings is 1. The molecule has 9 heteroatoms. The van der Waals surface area contributed by atoms with E-state index in [1.54, 1.807) is 30.7 Å². The number of H-pyrrole nitrogens is 1. The minimum absolute atomic E-state index is 0.0641. The highest BCUT2D eigenvalue weighted by molar-refractivity contribution is 7.17. The van der Waals surface area contributed by atoms with Crippen LogP contribution in [0.4, 0.5) is 0 Å². The zero-order valence-corrected chi connectivity index (χ0v) is 15.4. The summed E-state index contributed by atoms with van der Waals surface area (Å²) in [5.41, 5.74) is 2.34. The molecule has 0 spiro atoms. The van der Waals surface area contributed by atoms with Crippen molar-refractivity contribution >= 4 is 34.4 Å². The van der Waals surface area contributed by atoms with Gasteiger partial charge in [0.05, 0.1) is 21.6 Å². The van der Waals surface area contributed by atoms with Gasteiger partial charge in [-0.05, 0) is 30.2 Å². The second kappa shape index (κ2) is 7.57. The molecule has 4 aromatic rings. The molecular formula is C19H15N5O3S. The van der Waals surface area contributed by atoms with Crippen molar-refractivity contribution in [2.75, 3.05) is 6.54 Å². The lowest BCUT2D eigenvalue weighted by Gasteiger charge is -2.03. The Kier molecular flexibility index (Phi) is 4.81. The van der Waals surface area contributed by atoms with Gasteiger partial charge in [-0.3, -0.25) is 9.78 Å². The van der Waals surface area contributed by atoms with Crippen molar-refractivity contribution in [2.24, 2.45) is 0 Å². The number of carbonyl (C=O) groups excluding carboxylic acids is 1. The highest BCUT2D eigenvalue weighted by Crippen LogP contribution is 2.28. The maximum Gasteiger partial charge on any atom is 0.339 e. The Morgan fingerprint density at radius 1 is 1.21 bits per heavy atom. The maximum atomic E-state index is 12.4. The molecule has 0 aliphatic carbocycles. The number of carbonyl (C=O) groups is 2. The topological polar surface area (TPSA) is 121 Å². The van der Waals surface area contributed by atoms with Crippen LogP contribution in [-0.4, -0.2) is 43.5 Å². The molecule has 0 saturated heterocycles. The predicted molar refractivity (Wildman–Crippen MR) is 104 cm³/mol. The van der Waals surface area contributed by atoms with E-state index in [-0.39, 0.29) is 11.5 Å². The quantitative estimate of drug-likeness (QED) is 0.463. The Morgan fingerprint density at radius 2 is 2.11 bits per heavy atom. The number of pyridine rings is 1. The fourth-order valence-electron chi connectivity index (χ4n) is 2.72. The van der Waals surface area contributed by atoms with Crippen LogP contribution in [0.2, 0.25) is 0 Å². The number of rotatable bonds is 6. The minimum atomic E-state index is -1.07. The maximum absolute atomic E-state index is 12.4. The number of hydrogen-bond acceptors (Lipinski definition) is 6. The summed E-state index contributed by atoms with van der Waals surface area (Å²) in [6, 6.07) is 7.33. The van der Waals surface area contributed by atoms with Crippen molar-refractivity contribution < 1.29 is 14.7 Å². The largest absolute Gasteiger partial charge is 0.478 e. The molecule has 0 unspecified atom stereocenters. The highest BCUT2D eigenvalue weighted by atomic mass is 32.1. The van der Waals surface area contributed by atoms with Crippen LogP contribution in [0, 0.1) is 0 Å².